The third-order valence-electron chi connectivity index (χ3n) is 2.34. The molecule has 2 rings (SSSR count). The summed E-state index contributed by atoms with van der Waals surface area (Å²) >= 11 is 7.24. The Morgan fingerprint density at radius 1 is 1.62 bits per heavy atom. The Hall–Kier alpha value is -0.780. The minimum Gasteiger partial charge on any atom is -0.480 e. The number of thioether (sulfide) groups is 1. The summed E-state index contributed by atoms with van der Waals surface area (Å²) in [6.45, 7) is 0. The normalized spacial score (nSPS) is 24.6. The van der Waals surface area contributed by atoms with E-state index in [1.165, 1.54) is 23.9 Å². The number of carboxylic acid groups (broad SMARTS) is 1. The summed E-state index contributed by atoms with van der Waals surface area (Å²) < 4.78 is 13.5. The number of nitrogens with one attached hydrogen (secondary N) is 1. The van der Waals surface area contributed by atoms with E-state index >= 15 is 0 Å². The van der Waals surface area contributed by atoms with Gasteiger partial charge in [0, 0.05) is 16.3 Å². The Bertz CT molecular complexity index is 409. The zero-order valence-electron chi connectivity index (χ0n) is 8.11. The molecule has 1 fully saturated rings. The van der Waals surface area contributed by atoms with Crippen LogP contribution in [0.15, 0.2) is 18.2 Å². The second-order valence-corrected chi connectivity index (χ2v) is 4.95. The van der Waals surface area contributed by atoms with Crippen LogP contribution in [0.2, 0.25) is 5.02 Å². The van der Waals surface area contributed by atoms with Gasteiger partial charge in [-0.25, -0.2) is 4.39 Å². The van der Waals surface area contributed by atoms with Crippen molar-refractivity contribution in [1.29, 1.82) is 0 Å². The molecule has 1 aromatic carbocycles. The fraction of sp³-hybridized carbons (Fsp3) is 0.300. The molecule has 0 saturated carbocycles. The number of aliphatic carboxylic acids is 1. The van der Waals surface area contributed by atoms with Crippen LogP contribution >= 0.6 is 23.4 Å². The summed E-state index contributed by atoms with van der Waals surface area (Å²) in [6.07, 6.45) is 0. The van der Waals surface area contributed by atoms with Crippen molar-refractivity contribution < 1.29 is 14.3 Å². The molecule has 1 saturated heterocycles. The molecule has 86 valence electrons. The molecular formula is C10H9ClFNO2S. The number of carboxylic acids is 1. The molecule has 2 atom stereocenters. The highest BCUT2D eigenvalue weighted by Gasteiger charge is 2.32. The Morgan fingerprint density at radius 3 is 2.94 bits per heavy atom. The van der Waals surface area contributed by atoms with Crippen molar-refractivity contribution in [2.75, 3.05) is 5.75 Å². The smallest absolute Gasteiger partial charge is 0.321 e. The molecule has 1 aromatic rings. The van der Waals surface area contributed by atoms with Gasteiger partial charge >= 0.3 is 5.97 Å². The fourth-order valence-electron chi connectivity index (χ4n) is 1.54. The lowest BCUT2D eigenvalue weighted by Crippen LogP contribution is -2.33. The molecule has 0 aromatic heterocycles. The van der Waals surface area contributed by atoms with E-state index in [2.05, 4.69) is 5.32 Å². The summed E-state index contributed by atoms with van der Waals surface area (Å²) in [5, 5.41) is 11.6. The molecule has 1 aliphatic rings. The second kappa shape index (κ2) is 4.61. The highest BCUT2D eigenvalue weighted by atomic mass is 35.5. The van der Waals surface area contributed by atoms with Gasteiger partial charge in [-0.2, -0.15) is 0 Å². The van der Waals surface area contributed by atoms with Crippen LogP contribution in [-0.4, -0.2) is 22.9 Å². The van der Waals surface area contributed by atoms with Crippen molar-refractivity contribution in [2.45, 2.75) is 11.4 Å². The molecule has 0 radical (unpaired) electrons. The first-order chi connectivity index (χ1) is 7.59. The lowest BCUT2D eigenvalue weighted by atomic mass is 10.2. The van der Waals surface area contributed by atoms with Crippen molar-refractivity contribution in [3.05, 3.63) is 34.6 Å². The minimum atomic E-state index is -0.928. The van der Waals surface area contributed by atoms with E-state index in [1.807, 2.05) is 0 Å². The SMILES string of the molecule is O=C(O)C1CSC(c2c(F)cccc2Cl)N1. The zero-order valence-corrected chi connectivity index (χ0v) is 9.69. The number of carbonyl (C=O) groups is 1. The van der Waals surface area contributed by atoms with Crippen LogP contribution in [0.5, 0.6) is 0 Å². The maximum Gasteiger partial charge on any atom is 0.321 e. The summed E-state index contributed by atoms with van der Waals surface area (Å²) in [5.41, 5.74) is 0.331. The molecule has 0 spiro atoms. The largest absolute Gasteiger partial charge is 0.480 e. The lowest BCUT2D eigenvalue weighted by Gasteiger charge is -2.13. The lowest BCUT2D eigenvalue weighted by molar-refractivity contribution is -0.138. The number of hydrogen-bond donors (Lipinski definition) is 2. The highest BCUT2D eigenvalue weighted by molar-refractivity contribution is 7.99. The van der Waals surface area contributed by atoms with Gasteiger partial charge in [-0.15, -0.1) is 11.8 Å². The van der Waals surface area contributed by atoms with Crippen LogP contribution in [-0.2, 0) is 4.79 Å². The van der Waals surface area contributed by atoms with Crippen LogP contribution in [0, 0.1) is 5.82 Å². The topological polar surface area (TPSA) is 49.3 Å². The molecule has 0 bridgehead atoms. The molecule has 0 aliphatic carbocycles. The number of rotatable bonds is 2. The molecule has 2 N–H and O–H groups in total. The van der Waals surface area contributed by atoms with Crippen LogP contribution in [0.1, 0.15) is 10.9 Å². The van der Waals surface area contributed by atoms with Crippen LogP contribution in [0.25, 0.3) is 0 Å². The Morgan fingerprint density at radius 2 is 2.38 bits per heavy atom. The second-order valence-electron chi connectivity index (χ2n) is 3.41. The van der Waals surface area contributed by atoms with Gasteiger partial charge < -0.3 is 5.11 Å². The average molecular weight is 262 g/mol. The van der Waals surface area contributed by atoms with Crippen molar-refractivity contribution in [1.82, 2.24) is 5.32 Å². The highest BCUT2D eigenvalue weighted by Crippen LogP contribution is 2.37. The van der Waals surface area contributed by atoms with Gasteiger partial charge in [0.1, 0.15) is 11.9 Å². The monoisotopic (exact) mass is 261 g/mol. The first kappa shape index (κ1) is 11.7. The Labute approximate surface area is 101 Å². The summed E-state index contributed by atoms with van der Waals surface area (Å²) in [7, 11) is 0. The number of benzene rings is 1. The van der Waals surface area contributed by atoms with Crippen molar-refractivity contribution in [2.24, 2.45) is 0 Å². The van der Waals surface area contributed by atoms with E-state index in [9.17, 15) is 9.18 Å². The van der Waals surface area contributed by atoms with E-state index in [0.29, 0.717) is 16.3 Å². The van der Waals surface area contributed by atoms with Crippen molar-refractivity contribution >= 4 is 29.3 Å². The van der Waals surface area contributed by atoms with Gasteiger partial charge in [0.25, 0.3) is 0 Å². The molecule has 16 heavy (non-hydrogen) atoms. The predicted molar refractivity (Wildman–Crippen MR) is 61.2 cm³/mol. The third kappa shape index (κ3) is 2.16. The van der Waals surface area contributed by atoms with Gasteiger partial charge in [-0.1, -0.05) is 17.7 Å². The average Bonchev–Trinajstić information content (AvgIpc) is 2.66. The Kier molecular flexibility index (Phi) is 3.37. The van der Waals surface area contributed by atoms with Gasteiger partial charge in [0.2, 0.25) is 0 Å². The van der Waals surface area contributed by atoms with E-state index in [1.54, 1.807) is 6.07 Å². The van der Waals surface area contributed by atoms with Crippen LogP contribution in [0.4, 0.5) is 4.39 Å². The summed E-state index contributed by atoms with van der Waals surface area (Å²) in [6, 6.07) is 3.79. The number of hydrogen-bond acceptors (Lipinski definition) is 3. The Balaban J connectivity index is 2.24. The quantitative estimate of drug-likeness (QED) is 0.858. The predicted octanol–water partition coefficient (Wildman–Crippen LogP) is 2.27. The maximum atomic E-state index is 13.5. The van der Waals surface area contributed by atoms with Gasteiger partial charge in [0.15, 0.2) is 0 Å². The molecule has 6 heteroatoms. The van der Waals surface area contributed by atoms with E-state index in [-0.39, 0.29) is 0 Å². The molecule has 2 unspecified atom stereocenters. The summed E-state index contributed by atoms with van der Waals surface area (Å²) in [5.74, 6) is -0.934. The third-order valence-corrected chi connectivity index (χ3v) is 3.90. The molecule has 1 heterocycles. The molecular weight excluding hydrogens is 253 g/mol. The standard InChI is InChI=1S/C10H9ClFNO2S/c11-5-2-1-3-6(12)8(5)9-13-7(4-16-9)10(14)15/h1-3,7,9,13H,4H2,(H,14,15). The molecule has 1 aliphatic heterocycles. The first-order valence-electron chi connectivity index (χ1n) is 4.64. The van der Waals surface area contributed by atoms with Crippen molar-refractivity contribution in [3.63, 3.8) is 0 Å². The first-order valence-corrected chi connectivity index (χ1v) is 6.06. The minimum absolute atomic E-state index is 0.316. The van der Waals surface area contributed by atoms with E-state index in [4.69, 9.17) is 16.7 Å². The summed E-state index contributed by atoms with van der Waals surface area (Å²) in [4.78, 5) is 10.7. The van der Waals surface area contributed by atoms with Crippen molar-refractivity contribution in [3.8, 4) is 0 Å². The maximum absolute atomic E-state index is 13.5. The fourth-order valence-corrected chi connectivity index (χ4v) is 3.17. The van der Waals surface area contributed by atoms with Crippen LogP contribution < -0.4 is 5.32 Å². The van der Waals surface area contributed by atoms with Crippen LogP contribution in [0.3, 0.4) is 0 Å². The zero-order chi connectivity index (χ0) is 11.7. The number of halogens is 2. The molecule has 3 nitrogen and oxygen atoms in total. The van der Waals surface area contributed by atoms with Gasteiger partial charge in [-0.05, 0) is 12.1 Å². The molecule has 0 amide bonds. The van der Waals surface area contributed by atoms with Gasteiger partial charge in [0.05, 0.1) is 5.37 Å². The van der Waals surface area contributed by atoms with E-state index in [0.717, 1.165) is 0 Å². The van der Waals surface area contributed by atoms with Gasteiger partial charge in [-0.3, -0.25) is 10.1 Å². The van der Waals surface area contributed by atoms with E-state index < -0.39 is 23.2 Å².